The van der Waals surface area contributed by atoms with Crippen LogP contribution in [0.1, 0.15) is 52.9 Å². The molecule has 3 aliphatic rings. The minimum atomic E-state index is -5.01. The van der Waals surface area contributed by atoms with Crippen LogP contribution in [0.4, 0.5) is 18.0 Å². The summed E-state index contributed by atoms with van der Waals surface area (Å²) in [5.74, 6) is -2.60. The Labute approximate surface area is 189 Å². The lowest BCUT2D eigenvalue weighted by atomic mass is 9.95. The second-order valence-corrected chi connectivity index (χ2v) is 10.1. The van der Waals surface area contributed by atoms with Crippen LogP contribution in [-0.4, -0.2) is 72.3 Å². The van der Waals surface area contributed by atoms with E-state index < -0.39 is 54.4 Å². The topological polar surface area (TPSA) is 114 Å². The molecule has 3 atom stereocenters. The van der Waals surface area contributed by atoms with Crippen LogP contribution in [0.5, 0.6) is 0 Å². The largest absolute Gasteiger partial charge is 0.522 e. The number of hydrogen-bond acceptors (Lipinski definition) is 6. The number of carbonyl (C=O) groups excluding carboxylic acids is 4. The van der Waals surface area contributed by atoms with Crippen LogP contribution in [0.3, 0.4) is 0 Å². The molecule has 1 spiro atoms. The van der Waals surface area contributed by atoms with E-state index in [1.54, 1.807) is 20.8 Å². The third kappa shape index (κ3) is 6.81. The van der Waals surface area contributed by atoms with Crippen LogP contribution in [0.25, 0.3) is 0 Å². The molecule has 0 aromatic carbocycles. The molecule has 3 amide bonds. The van der Waals surface area contributed by atoms with Crippen molar-refractivity contribution in [2.24, 2.45) is 11.3 Å². The van der Waals surface area contributed by atoms with Crippen LogP contribution in [0.2, 0.25) is 0 Å². The number of hydrogen-bond donors (Lipinski definition) is 2. The SMILES string of the molecule is CC(C)(C)OC(=O)N1CC2(CC2)C[C@H]1C(=O)N[C@@H](C[C@@H]1CCNC1=O)C(=O)COC(F)(F)F. The summed E-state index contributed by atoms with van der Waals surface area (Å²) in [5, 5.41) is 5.09. The molecule has 9 nitrogen and oxygen atoms in total. The number of likely N-dealkylation sites (tertiary alicyclic amines) is 1. The van der Waals surface area contributed by atoms with Crippen molar-refractivity contribution < 1.29 is 41.8 Å². The normalized spacial score (nSPS) is 25.0. The Morgan fingerprint density at radius 3 is 2.42 bits per heavy atom. The summed E-state index contributed by atoms with van der Waals surface area (Å²) in [6.45, 7) is 4.53. The minimum Gasteiger partial charge on any atom is -0.444 e. The van der Waals surface area contributed by atoms with Crippen molar-refractivity contribution in [1.29, 1.82) is 0 Å². The van der Waals surface area contributed by atoms with Gasteiger partial charge in [-0.25, -0.2) is 4.79 Å². The number of carbonyl (C=O) groups is 4. The number of ether oxygens (including phenoxy) is 2. The highest BCUT2D eigenvalue weighted by Crippen LogP contribution is 2.55. The maximum absolute atomic E-state index is 13.1. The molecule has 0 aromatic rings. The number of halogens is 3. The summed E-state index contributed by atoms with van der Waals surface area (Å²) in [6.07, 6.45) is -3.35. The van der Waals surface area contributed by atoms with E-state index in [2.05, 4.69) is 15.4 Å². The Hall–Kier alpha value is -2.37. The fraction of sp³-hybridized carbons (Fsp3) is 0.810. The van der Waals surface area contributed by atoms with E-state index >= 15 is 0 Å². The molecule has 33 heavy (non-hydrogen) atoms. The molecule has 0 aromatic heterocycles. The second-order valence-electron chi connectivity index (χ2n) is 10.1. The molecular weight excluding hydrogens is 447 g/mol. The maximum atomic E-state index is 13.1. The van der Waals surface area contributed by atoms with Gasteiger partial charge in [0.2, 0.25) is 11.8 Å². The molecule has 2 aliphatic heterocycles. The smallest absolute Gasteiger partial charge is 0.444 e. The van der Waals surface area contributed by atoms with Crippen molar-refractivity contribution in [3.63, 3.8) is 0 Å². The Morgan fingerprint density at radius 1 is 1.24 bits per heavy atom. The van der Waals surface area contributed by atoms with Crippen molar-refractivity contribution in [3.8, 4) is 0 Å². The molecular formula is C21H30F3N3O6. The van der Waals surface area contributed by atoms with E-state index in [0.29, 0.717) is 25.9 Å². The Kier molecular flexibility index (Phi) is 6.97. The number of ketones is 1. The van der Waals surface area contributed by atoms with Gasteiger partial charge in [-0.1, -0.05) is 0 Å². The van der Waals surface area contributed by atoms with Crippen LogP contribution >= 0.6 is 0 Å². The first kappa shape index (κ1) is 25.3. The lowest BCUT2D eigenvalue weighted by molar-refractivity contribution is -0.321. The third-order valence-electron chi connectivity index (χ3n) is 6.16. The van der Waals surface area contributed by atoms with Crippen molar-refractivity contribution in [3.05, 3.63) is 0 Å². The molecule has 2 saturated heterocycles. The summed E-state index contributed by atoms with van der Waals surface area (Å²) >= 11 is 0. The molecule has 186 valence electrons. The van der Waals surface area contributed by atoms with Gasteiger partial charge in [0.1, 0.15) is 18.2 Å². The molecule has 3 rings (SSSR count). The molecule has 2 heterocycles. The summed E-state index contributed by atoms with van der Waals surface area (Å²) in [7, 11) is 0. The summed E-state index contributed by atoms with van der Waals surface area (Å²) in [5.41, 5.74) is -0.955. The van der Waals surface area contributed by atoms with E-state index in [1.807, 2.05) is 0 Å². The highest BCUT2D eigenvalue weighted by Gasteiger charge is 2.56. The Bertz CT molecular complexity index is 806. The van der Waals surface area contributed by atoms with E-state index in [0.717, 1.165) is 12.8 Å². The third-order valence-corrected chi connectivity index (χ3v) is 6.16. The first-order chi connectivity index (χ1) is 15.2. The minimum absolute atomic E-state index is 0.151. The van der Waals surface area contributed by atoms with Gasteiger partial charge < -0.3 is 15.4 Å². The molecule has 1 aliphatic carbocycles. The number of alkyl halides is 3. The predicted molar refractivity (Wildman–Crippen MR) is 108 cm³/mol. The highest BCUT2D eigenvalue weighted by molar-refractivity contribution is 5.93. The van der Waals surface area contributed by atoms with Crippen LogP contribution < -0.4 is 10.6 Å². The van der Waals surface area contributed by atoms with E-state index in [9.17, 15) is 32.3 Å². The summed E-state index contributed by atoms with van der Waals surface area (Å²) < 4.78 is 46.4. The summed E-state index contributed by atoms with van der Waals surface area (Å²) in [6, 6.07) is -2.27. The van der Waals surface area contributed by atoms with Gasteiger partial charge in [0, 0.05) is 19.0 Å². The molecule has 1 saturated carbocycles. The number of rotatable bonds is 7. The van der Waals surface area contributed by atoms with Crippen LogP contribution in [-0.2, 0) is 23.9 Å². The highest BCUT2D eigenvalue weighted by atomic mass is 19.4. The van der Waals surface area contributed by atoms with Gasteiger partial charge in [-0.2, -0.15) is 0 Å². The van der Waals surface area contributed by atoms with Gasteiger partial charge in [-0.3, -0.25) is 24.0 Å². The number of Topliss-reactive ketones (excluding diaryl/α,β-unsaturated/α-hetero) is 1. The summed E-state index contributed by atoms with van der Waals surface area (Å²) in [4.78, 5) is 51.6. The van der Waals surface area contributed by atoms with Crippen molar-refractivity contribution in [1.82, 2.24) is 15.5 Å². The monoisotopic (exact) mass is 477 g/mol. The first-order valence-electron chi connectivity index (χ1n) is 11.0. The Balaban J connectivity index is 1.72. The average Bonchev–Trinajstić information content (AvgIpc) is 3.12. The van der Waals surface area contributed by atoms with Crippen molar-refractivity contribution in [2.45, 2.75) is 76.9 Å². The maximum Gasteiger partial charge on any atom is 0.522 e. The van der Waals surface area contributed by atoms with Gasteiger partial charge >= 0.3 is 12.5 Å². The quantitative estimate of drug-likeness (QED) is 0.579. The molecule has 0 bridgehead atoms. The number of nitrogens with zero attached hydrogens (tertiary/aromatic N) is 1. The number of amides is 3. The predicted octanol–water partition coefficient (Wildman–Crippen LogP) is 1.89. The fourth-order valence-electron chi connectivity index (χ4n) is 4.29. The van der Waals surface area contributed by atoms with Crippen molar-refractivity contribution in [2.75, 3.05) is 19.7 Å². The lowest BCUT2D eigenvalue weighted by Crippen LogP contribution is -2.52. The first-order valence-corrected chi connectivity index (χ1v) is 11.0. The van der Waals surface area contributed by atoms with E-state index in [4.69, 9.17) is 4.74 Å². The van der Waals surface area contributed by atoms with Crippen LogP contribution in [0, 0.1) is 11.3 Å². The molecule has 2 N–H and O–H groups in total. The zero-order valence-electron chi connectivity index (χ0n) is 18.9. The molecule has 0 radical (unpaired) electrons. The fourth-order valence-corrected chi connectivity index (χ4v) is 4.29. The van der Waals surface area contributed by atoms with E-state index in [1.165, 1.54) is 4.90 Å². The van der Waals surface area contributed by atoms with Crippen LogP contribution in [0.15, 0.2) is 0 Å². The zero-order valence-corrected chi connectivity index (χ0v) is 18.9. The van der Waals surface area contributed by atoms with E-state index in [-0.39, 0.29) is 17.7 Å². The standard InChI is InChI=1S/C21H30F3N3O6/c1-19(2,3)33-18(31)27-11-20(5-6-20)9-14(27)17(30)26-13(8-12-4-7-25-16(12)29)15(28)10-32-21(22,23)24/h12-14H,4-11H2,1-3H3,(H,25,29)(H,26,30)/t12-,13-,14-/m0/s1. The number of nitrogens with one attached hydrogen (secondary N) is 2. The molecule has 0 unspecified atom stereocenters. The Morgan fingerprint density at radius 2 is 1.91 bits per heavy atom. The zero-order chi connectivity index (χ0) is 24.6. The van der Waals surface area contributed by atoms with Gasteiger partial charge in [-0.05, 0) is 58.3 Å². The molecule has 3 fully saturated rings. The second kappa shape index (κ2) is 9.11. The lowest BCUT2D eigenvalue weighted by Gasteiger charge is -2.29. The van der Waals surface area contributed by atoms with Gasteiger partial charge in [0.25, 0.3) is 0 Å². The van der Waals surface area contributed by atoms with Gasteiger partial charge in [0.05, 0.1) is 6.04 Å². The van der Waals surface area contributed by atoms with Gasteiger partial charge in [0.15, 0.2) is 5.78 Å². The van der Waals surface area contributed by atoms with Gasteiger partial charge in [-0.15, -0.1) is 13.2 Å². The average molecular weight is 477 g/mol. The van der Waals surface area contributed by atoms with Crippen molar-refractivity contribution >= 4 is 23.7 Å². The molecule has 12 heteroatoms.